The van der Waals surface area contributed by atoms with E-state index in [0.717, 1.165) is 17.1 Å². The molecule has 2 heterocycles. The predicted octanol–water partition coefficient (Wildman–Crippen LogP) is 3.92. The fourth-order valence-corrected chi connectivity index (χ4v) is 3.79. The smallest absolute Gasteiger partial charge is 0.273 e. The Morgan fingerprint density at radius 1 is 1.12 bits per heavy atom. The van der Waals surface area contributed by atoms with E-state index < -0.39 is 4.92 Å². The van der Waals surface area contributed by atoms with Gasteiger partial charge in [0.2, 0.25) is 5.91 Å². The van der Waals surface area contributed by atoms with Gasteiger partial charge >= 0.3 is 0 Å². The maximum atomic E-state index is 12.8. The van der Waals surface area contributed by atoms with Crippen molar-refractivity contribution in [2.75, 3.05) is 30.4 Å². The number of methoxy groups -OCH3 is 1. The Kier molecular flexibility index (Phi) is 6.25. The van der Waals surface area contributed by atoms with Crippen LogP contribution in [0.4, 0.5) is 17.2 Å². The Bertz CT molecular complexity index is 1110. The molecule has 0 bridgehead atoms. The van der Waals surface area contributed by atoms with Gasteiger partial charge < -0.3 is 15.0 Å². The topological polar surface area (TPSA) is 110 Å². The van der Waals surface area contributed by atoms with Crippen LogP contribution in [0.15, 0.2) is 60.9 Å². The number of non-ortho nitro benzene ring substituents is 1. The standard InChI is InChI=1S/C23H23N5O4/c1-32-21-13-18(28(30)31)7-8-19(21)26-23(29)17-9-11-27(12-10-17)22-14-20(24-15-25-22)16-5-3-2-4-6-16/h2-8,13-15,17H,9-12H2,1H3,(H,26,29). The molecule has 0 aliphatic carbocycles. The summed E-state index contributed by atoms with van der Waals surface area (Å²) in [5.41, 5.74) is 2.23. The van der Waals surface area contributed by atoms with Crippen molar-refractivity contribution in [3.8, 4) is 17.0 Å². The molecule has 9 heteroatoms. The zero-order valence-corrected chi connectivity index (χ0v) is 17.6. The zero-order valence-electron chi connectivity index (χ0n) is 17.6. The summed E-state index contributed by atoms with van der Waals surface area (Å²) in [5, 5.41) is 13.8. The second kappa shape index (κ2) is 9.42. The highest BCUT2D eigenvalue weighted by Crippen LogP contribution is 2.31. The van der Waals surface area contributed by atoms with E-state index >= 15 is 0 Å². The van der Waals surface area contributed by atoms with Gasteiger partial charge in [0.15, 0.2) is 0 Å². The molecule has 32 heavy (non-hydrogen) atoms. The number of carbonyl (C=O) groups is 1. The molecule has 0 unspecified atom stereocenters. The average molecular weight is 433 g/mol. The van der Waals surface area contributed by atoms with Crippen LogP contribution in [0.1, 0.15) is 12.8 Å². The first kappa shape index (κ1) is 21.2. The van der Waals surface area contributed by atoms with Gasteiger partial charge in [-0.25, -0.2) is 9.97 Å². The fraction of sp³-hybridized carbons (Fsp3) is 0.261. The number of piperidine rings is 1. The summed E-state index contributed by atoms with van der Waals surface area (Å²) in [4.78, 5) is 34.2. The molecule has 0 radical (unpaired) electrons. The largest absolute Gasteiger partial charge is 0.494 e. The van der Waals surface area contributed by atoms with Gasteiger partial charge in [0.1, 0.15) is 17.9 Å². The fourth-order valence-electron chi connectivity index (χ4n) is 3.79. The van der Waals surface area contributed by atoms with Crippen molar-refractivity contribution in [1.29, 1.82) is 0 Å². The van der Waals surface area contributed by atoms with Gasteiger partial charge in [0.05, 0.1) is 29.5 Å². The molecule has 1 saturated heterocycles. The normalized spacial score (nSPS) is 14.1. The number of nitro benzene ring substituents is 1. The van der Waals surface area contributed by atoms with Crippen molar-refractivity contribution in [1.82, 2.24) is 9.97 Å². The van der Waals surface area contributed by atoms with Crippen LogP contribution in [0, 0.1) is 16.0 Å². The second-order valence-electron chi connectivity index (χ2n) is 7.52. The van der Waals surface area contributed by atoms with Gasteiger partial charge in [0, 0.05) is 36.7 Å². The Morgan fingerprint density at radius 2 is 1.88 bits per heavy atom. The minimum atomic E-state index is -0.500. The highest BCUT2D eigenvalue weighted by atomic mass is 16.6. The van der Waals surface area contributed by atoms with Crippen LogP contribution in [0.3, 0.4) is 0 Å². The number of benzene rings is 2. The van der Waals surface area contributed by atoms with E-state index in [1.165, 1.54) is 25.3 Å². The first-order valence-corrected chi connectivity index (χ1v) is 10.3. The highest BCUT2D eigenvalue weighted by molar-refractivity contribution is 5.94. The Balaban J connectivity index is 1.39. The Morgan fingerprint density at radius 3 is 2.56 bits per heavy atom. The number of nitro groups is 1. The van der Waals surface area contributed by atoms with Gasteiger partial charge in [0.25, 0.3) is 5.69 Å². The van der Waals surface area contributed by atoms with Crippen molar-refractivity contribution in [2.24, 2.45) is 5.92 Å². The van der Waals surface area contributed by atoms with Crippen molar-refractivity contribution < 1.29 is 14.5 Å². The minimum absolute atomic E-state index is 0.0899. The summed E-state index contributed by atoms with van der Waals surface area (Å²) in [5.74, 6) is 0.820. The number of nitrogens with one attached hydrogen (secondary N) is 1. The van der Waals surface area contributed by atoms with Crippen molar-refractivity contribution in [2.45, 2.75) is 12.8 Å². The van der Waals surface area contributed by atoms with Crippen LogP contribution in [-0.2, 0) is 4.79 Å². The minimum Gasteiger partial charge on any atom is -0.494 e. The molecule has 4 rings (SSSR count). The number of hydrogen-bond donors (Lipinski definition) is 1. The molecular formula is C23H23N5O4. The van der Waals surface area contributed by atoms with Crippen molar-refractivity contribution in [3.63, 3.8) is 0 Å². The molecule has 164 valence electrons. The van der Waals surface area contributed by atoms with Crippen LogP contribution in [0.2, 0.25) is 0 Å². The van der Waals surface area contributed by atoms with Crippen LogP contribution < -0.4 is 15.0 Å². The summed E-state index contributed by atoms with van der Waals surface area (Å²) < 4.78 is 5.21. The SMILES string of the molecule is COc1cc([N+](=O)[O-])ccc1NC(=O)C1CCN(c2cc(-c3ccccc3)ncn2)CC1. The quantitative estimate of drug-likeness (QED) is 0.463. The summed E-state index contributed by atoms with van der Waals surface area (Å²) in [6, 6.07) is 16.0. The number of rotatable bonds is 6. The van der Waals surface area contributed by atoms with Crippen LogP contribution in [0.25, 0.3) is 11.3 Å². The molecule has 1 N–H and O–H groups in total. The number of anilines is 2. The van der Waals surface area contributed by atoms with E-state index in [9.17, 15) is 14.9 Å². The van der Waals surface area contributed by atoms with Crippen LogP contribution >= 0.6 is 0 Å². The first-order valence-electron chi connectivity index (χ1n) is 10.3. The van der Waals surface area contributed by atoms with Gasteiger partial charge in [-0.05, 0) is 18.9 Å². The number of amides is 1. The van der Waals surface area contributed by atoms with E-state index in [1.54, 1.807) is 6.33 Å². The average Bonchev–Trinajstić information content (AvgIpc) is 2.85. The molecular weight excluding hydrogens is 410 g/mol. The molecule has 1 fully saturated rings. The van der Waals surface area contributed by atoms with Crippen molar-refractivity contribution in [3.05, 3.63) is 71.0 Å². The zero-order chi connectivity index (χ0) is 22.5. The summed E-state index contributed by atoms with van der Waals surface area (Å²) in [7, 11) is 1.42. The Hall–Kier alpha value is -4.01. The lowest BCUT2D eigenvalue weighted by Gasteiger charge is -2.32. The van der Waals surface area contributed by atoms with E-state index in [2.05, 4.69) is 20.2 Å². The second-order valence-corrected chi connectivity index (χ2v) is 7.52. The maximum absolute atomic E-state index is 12.8. The summed E-state index contributed by atoms with van der Waals surface area (Å²) in [6.07, 6.45) is 2.91. The van der Waals surface area contributed by atoms with E-state index in [1.807, 2.05) is 36.4 Å². The number of ether oxygens (including phenoxy) is 1. The van der Waals surface area contributed by atoms with Gasteiger partial charge in [-0.15, -0.1) is 0 Å². The predicted molar refractivity (Wildman–Crippen MR) is 121 cm³/mol. The van der Waals surface area contributed by atoms with E-state index in [4.69, 9.17) is 4.74 Å². The number of aromatic nitrogens is 2. The van der Waals surface area contributed by atoms with Gasteiger partial charge in [-0.2, -0.15) is 0 Å². The third kappa shape index (κ3) is 4.66. The van der Waals surface area contributed by atoms with Gasteiger partial charge in [-0.3, -0.25) is 14.9 Å². The molecule has 1 aromatic heterocycles. The molecule has 0 saturated carbocycles. The lowest BCUT2D eigenvalue weighted by atomic mass is 9.95. The molecule has 0 spiro atoms. The Labute approximate surface area is 185 Å². The highest BCUT2D eigenvalue weighted by Gasteiger charge is 2.27. The van der Waals surface area contributed by atoms with Crippen LogP contribution in [-0.4, -0.2) is 41.0 Å². The number of hydrogen-bond acceptors (Lipinski definition) is 7. The third-order valence-corrected chi connectivity index (χ3v) is 5.57. The molecule has 0 atom stereocenters. The molecule has 1 amide bonds. The molecule has 1 aliphatic heterocycles. The lowest BCUT2D eigenvalue weighted by Crippen LogP contribution is -2.38. The first-order chi connectivity index (χ1) is 15.5. The number of nitrogens with zero attached hydrogens (tertiary/aromatic N) is 4. The lowest BCUT2D eigenvalue weighted by molar-refractivity contribution is -0.384. The maximum Gasteiger partial charge on any atom is 0.273 e. The van der Waals surface area contributed by atoms with Crippen LogP contribution in [0.5, 0.6) is 5.75 Å². The third-order valence-electron chi connectivity index (χ3n) is 5.57. The molecule has 9 nitrogen and oxygen atoms in total. The van der Waals surface area contributed by atoms with E-state index in [-0.39, 0.29) is 23.3 Å². The molecule has 3 aromatic rings. The summed E-state index contributed by atoms with van der Waals surface area (Å²) in [6.45, 7) is 1.39. The molecule has 1 aliphatic rings. The van der Waals surface area contributed by atoms with Crippen molar-refractivity contribution >= 4 is 23.1 Å². The monoisotopic (exact) mass is 433 g/mol. The number of carbonyl (C=O) groups excluding carboxylic acids is 1. The summed E-state index contributed by atoms with van der Waals surface area (Å²) >= 11 is 0. The van der Waals surface area contributed by atoms with Gasteiger partial charge in [-0.1, -0.05) is 30.3 Å². The van der Waals surface area contributed by atoms with E-state index in [0.29, 0.717) is 31.6 Å². The molecule has 2 aromatic carbocycles.